The van der Waals surface area contributed by atoms with Crippen molar-refractivity contribution in [1.82, 2.24) is 10.2 Å². The van der Waals surface area contributed by atoms with Crippen LogP contribution in [0, 0.1) is 5.92 Å². The second-order valence-electron chi connectivity index (χ2n) is 6.17. The van der Waals surface area contributed by atoms with E-state index in [0.717, 1.165) is 19.4 Å². The Morgan fingerprint density at radius 2 is 2.21 bits per heavy atom. The fourth-order valence-electron chi connectivity index (χ4n) is 3.08. The first kappa shape index (κ1) is 15.2. The van der Waals surface area contributed by atoms with Crippen LogP contribution in [-0.4, -0.2) is 40.6 Å². The van der Waals surface area contributed by atoms with E-state index >= 15 is 0 Å². The summed E-state index contributed by atoms with van der Waals surface area (Å²) < 4.78 is 0. The van der Waals surface area contributed by atoms with Crippen molar-refractivity contribution in [3.63, 3.8) is 0 Å². The topological polar surface area (TPSA) is 32.3 Å². The van der Waals surface area contributed by atoms with Crippen LogP contribution in [0.25, 0.3) is 0 Å². The van der Waals surface area contributed by atoms with Crippen molar-refractivity contribution in [2.24, 2.45) is 5.92 Å². The Morgan fingerprint density at radius 3 is 2.79 bits per heavy atom. The van der Waals surface area contributed by atoms with Gasteiger partial charge in [0.05, 0.1) is 12.2 Å². The third kappa shape index (κ3) is 3.66. The van der Waals surface area contributed by atoms with E-state index in [2.05, 4.69) is 42.7 Å². The second kappa shape index (κ2) is 6.98. The average Bonchev–Trinajstić information content (AvgIpc) is 2.70. The van der Waals surface area contributed by atoms with Crippen LogP contribution in [0.5, 0.6) is 0 Å². The van der Waals surface area contributed by atoms with E-state index in [1.54, 1.807) is 0 Å². The number of carbonyl (C=O) groups is 1. The van der Waals surface area contributed by atoms with Gasteiger partial charge in [0.2, 0.25) is 5.91 Å². The molecule has 3 unspecified atom stereocenters. The minimum absolute atomic E-state index is 0.0325. The number of rotatable bonds is 5. The minimum Gasteiger partial charge on any atom is -0.325 e. The van der Waals surface area contributed by atoms with E-state index in [0.29, 0.717) is 17.1 Å². The lowest BCUT2D eigenvalue weighted by atomic mass is 10.0. The Labute approximate surface area is 121 Å². The van der Waals surface area contributed by atoms with Gasteiger partial charge in [0, 0.05) is 11.8 Å². The van der Waals surface area contributed by atoms with Gasteiger partial charge in [-0.2, -0.15) is 11.8 Å². The Hall–Kier alpha value is -0.220. The number of carbonyl (C=O) groups excluding carboxylic acids is 1. The number of nitrogens with zero attached hydrogens (tertiary/aromatic N) is 1. The monoisotopic (exact) mass is 284 g/mol. The molecule has 1 N–H and O–H groups in total. The maximum absolute atomic E-state index is 12.6. The van der Waals surface area contributed by atoms with Gasteiger partial charge in [-0.25, -0.2) is 0 Å². The van der Waals surface area contributed by atoms with Crippen LogP contribution in [-0.2, 0) is 4.79 Å². The van der Waals surface area contributed by atoms with Crippen molar-refractivity contribution in [1.29, 1.82) is 0 Å². The molecule has 1 amide bonds. The summed E-state index contributed by atoms with van der Waals surface area (Å²) in [7, 11) is 0. The van der Waals surface area contributed by atoms with E-state index < -0.39 is 0 Å². The van der Waals surface area contributed by atoms with Crippen molar-refractivity contribution in [3.05, 3.63) is 0 Å². The highest BCUT2D eigenvalue weighted by Gasteiger charge is 2.40. The zero-order chi connectivity index (χ0) is 13.8. The van der Waals surface area contributed by atoms with Gasteiger partial charge in [-0.05, 0) is 30.9 Å². The summed E-state index contributed by atoms with van der Waals surface area (Å²) in [6, 6.07) is 0.0325. The predicted octanol–water partition coefficient (Wildman–Crippen LogP) is 2.85. The summed E-state index contributed by atoms with van der Waals surface area (Å²) in [5.41, 5.74) is 0. The normalized spacial score (nSPS) is 32.3. The second-order valence-corrected chi connectivity index (χ2v) is 7.58. The number of hydrogen-bond acceptors (Lipinski definition) is 3. The summed E-state index contributed by atoms with van der Waals surface area (Å²) in [4.78, 5) is 14.7. The van der Waals surface area contributed by atoms with Crippen LogP contribution >= 0.6 is 11.8 Å². The molecule has 19 heavy (non-hydrogen) atoms. The fourth-order valence-corrected chi connectivity index (χ4v) is 4.38. The van der Waals surface area contributed by atoms with Crippen LogP contribution in [0.3, 0.4) is 0 Å². The fraction of sp³-hybridized carbons (Fsp3) is 0.933. The van der Waals surface area contributed by atoms with Gasteiger partial charge < -0.3 is 4.90 Å². The first-order valence-electron chi connectivity index (χ1n) is 7.81. The predicted molar refractivity (Wildman–Crippen MR) is 82.3 cm³/mol. The first-order valence-corrected chi connectivity index (χ1v) is 8.86. The number of amides is 1. The summed E-state index contributed by atoms with van der Waals surface area (Å²) in [5, 5.41) is 4.21. The lowest BCUT2D eigenvalue weighted by molar-refractivity contribution is -0.130. The smallest absolute Gasteiger partial charge is 0.241 e. The minimum atomic E-state index is 0.0325. The van der Waals surface area contributed by atoms with E-state index in [1.807, 2.05) is 0 Å². The molecule has 3 nitrogen and oxygen atoms in total. The molecule has 0 aliphatic carbocycles. The van der Waals surface area contributed by atoms with Crippen LogP contribution < -0.4 is 5.32 Å². The molecule has 2 heterocycles. The molecule has 2 rings (SSSR count). The largest absolute Gasteiger partial charge is 0.325 e. The molecule has 4 heteroatoms. The highest BCUT2D eigenvalue weighted by Crippen LogP contribution is 2.28. The first-order chi connectivity index (χ1) is 9.13. The van der Waals surface area contributed by atoms with E-state index in [9.17, 15) is 4.79 Å². The van der Waals surface area contributed by atoms with Crippen LogP contribution in [0.4, 0.5) is 0 Å². The van der Waals surface area contributed by atoms with E-state index in [-0.39, 0.29) is 12.2 Å². The van der Waals surface area contributed by atoms with Crippen molar-refractivity contribution in [3.8, 4) is 0 Å². The van der Waals surface area contributed by atoms with Crippen LogP contribution in [0.15, 0.2) is 0 Å². The molecule has 0 aromatic carbocycles. The molecule has 0 aromatic rings. The molecule has 110 valence electrons. The SMILES string of the molecule is CCCC1NC(C(C)C)C(=O)N1CC1CCCCS1. The molecule has 2 aliphatic rings. The Balaban J connectivity index is 1.99. The number of hydrogen-bond donors (Lipinski definition) is 1. The zero-order valence-corrected chi connectivity index (χ0v) is 13.3. The highest BCUT2D eigenvalue weighted by atomic mass is 32.2. The standard InChI is InChI=1S/C15H28N2OS/c1-4-7-13-16-14(11(2)3)15(18)17(13)10-12-8-5-6-9-19-12/h11-14,16H,4-10H2,1-3H3. The Kier molecular flexibility index (Phi) is 5.58. The summed E-state index contributed by atoms with van der Waals surface area (Å²) in [6.07, 6.45) is 6.43. The third-order valence-corrected chi connectivity index (χ3v) is 5.58. The molecular weight excluding hydrogens is 256 g/mol. The summed E-state index contributed by atoms with van der Waals surface area (Å²) in [6.45, 7) is 7.42. The lowest BCUT2D eigenvalue weighted by Gasteiger charge is -2.30. The third-order valence-electron chi connectivity index (χ3n) is 4.20. The summed E-state index contributed by atoms with van der Waals surface area (Å²) in [5.74, 6) is 1.99. The summed E-state index contributed by atoms with van der Waals surface area (Å²) >= 11 is 2.06. The zero-order valence-electron chi connectivity index (χ0n) is 12.5. The van der Waals surface area contributed by atoms with Crippen LogP contribution in [0.2, 0.25) is 0 Å². The van der Waals surface area contributed by atoms with Gasteiger partial charge in [0.15, 0.2) is 0 Å². The number of thioether (sulfide) groups is 1. The van der Waals surface area contributed by atoms with Gasteiger partial charge in [-0.3, -0.25) is 10.1 Å². The Bertz CT molecular complexity index is 303. The van der Waals surface area contributed by atoms with E-state index in [1.165, 1.54) is 25.0 Å². The molecule has 0 spiro atoms. The van der Waals surface area contributed by atoms with Gasteiger partial charge in [-0.1, -0.05) is 33.6 Å². The van der Waals surface area contributed by atoms with Gasteiger partial charge in [0.1, 0.15) is 0 Å². The molecule has 0 aromatic heterocycles. The van der Waals surface area contributed by atoms with Crippen LogP contribution in [0.1, 0.15) is 52.9 Å². The maximum atomic E-state index is 12.6. The van der Waals surface area contributed by atoms with Crippen molar-refractivity contribution in [2.75, 3.05) is 12.3 Å². The molecule has 2 aliphatic heterocycles. The lowest BCUT2D eigenvalue weighted by Crippen LogP contribution is -2.41. The average molecular weight is 284 g/mol. The van der Waals surface area contributed by atoms with Crippen molar-refractivity contribution < 1.29 is 4.79 Å². The molecule has 2 saturated heterocycles. The molecule has 0 radical (unpaired) electrons. The van der Waals surface area contributed by atoms with Crippen molar-refractivity contribution in [2.45, 2.75) is 70.3 Å². The van der Waals surface area contributed by atoms with Crippen molar-refractivity contribution >= 4 is 17.7 Å². The molecule has 3 atom stereocenters. The quantitative estimate of drug-likeness (QED) is 0.842. The Morgan fingerprint density at radius 1 is 1.42 bits per heavy atom. The molecule has 2 fully saturated rings. The number of nitrogens with one attached hydrogen (secondary N) is 1. The molecule has 0 bridgehead atoms. The maximum Gasteiger partial charge on any atom is 0.241 e. The van der Waals surface area contributed by atoms with Gasteiger partial charge >= 0.3 is 0 Å². The van der Waals surface area contributed by atoms with E-state index in [4.69, 9.17) is 0 Å². The molecule has 0 saturated carbocycles. The highest BCUT2D eigenvalue weighted by molar-refractivity contribution is 7.99. The van der Waals surface area contributed by atoms with Gasteiger partial charge in [0.25, 0.3) is 0 Å². The molecular formula is C15H28N2OS. The van der Waals surface area contributed by atoms with Gasteiger partial charge in [-0.15, -0.1) is 0 Å².